The quantitative estimate of drug-likeness (QED) is 0.677. The molecule has 2 nitrogen and oxygen atoms in total. The van der Waals surface area contributed by atoms with Crippen molar-refractivity contribution in [1.29, 1.82) is 0 Å². The number of fused-ring (bicyclic) bond motifs is 1. The maximum atomic E-state index is 5.98. The second-order valence-corrected chi connectivity index (χ2v) is 5.04. The molecule has 0 unspecified atom stereocenters. The highest BCUT2D eigenvalue weighted by atomic mass is 35.5. The van der Waals surface area contributed by atoms with Gasteiger partial charge in [0.25, 0.3) is 0 Å². The third-order valence-corrected chi connectivity index (χ3v) is 3.58. The lowest BCUT2D eigenvalue weighted by molar-refractivity contribution is 0.974. The molecular weight excluding hydrogens is 240 g/mol. The zero-order chi connectivity index (χ0) is 11.0. The Hall–Kier alpha value is -1.32. The molecule has 0 saturated carbocycles. The van der Waals surface area contributed by atoms with Crippen molar-refractivity contribution >= 4 is 28.5 Å². The van der Waals surface area contributed by atoms with E-state index in [1.807, 2.05) is 28.9 Å². The van der Waals surface area contributed by atoms with Crippen molar-refractivity contribution in [3.05, 3.63) is 57.8 Å². The Morgan fingerprint density at radius 1 is 1.31 bits per heavy atom. The lowest BCUT2D eigenvalue weighted by atomic mass is 10.3. The van der Waals surface area contributed by atoms with Crippen molar-refractivity contribution in [1.82, 2.24) is 9.38 Å². The van der Waals surface area contributed by atoms with Crippen molar-refractivity contribution in [3.8, 4) is 0 Å². The van der Waals surface area contributed by atoms with Gasteiger partial charge in [-0.15, -0.1) is 11.3 Å². The number of aromatic nitrogens is 2. The molecule has 0 atom stereocenters. The molecule has 0 spiro atoms. The summed E-state index contributed by atoms with van der Waals surface area (Å²) in [5, 5.41) is 2.82. The van der Waals surface area contributed by atoms with Crippen LogP contribution in [0.4, 0.5) is 0 Å². The van der Waals surface area contributed by atoms with Crippen LogP contribution in [0.2, 0.25) is 5.02 Å². The Bertz CT molecular complexity index is 613. The average molecular weight is 249 g/mol. The number of nitrogens with zero attached hydrogens (tertiary/aromatic N) is 2. The first-order valence-corrected chi connectivity index (χ1v) is 6.22. The predicted molar refractivity (Wildman–Crippen MR) is 67.3 cm³/mol. The summed E-state index contributed by atoms with van der Waals surface area (Å²) in [6, 6.07) is 8.04. The van der Waals surface area contributed by atoms with E-state index < -0.39 is 0 Å². The molecule has 0 N–H and O–H groups in total. The van der Waals surface area contributed by atoms with Crippen LogP contribution in [0.1, 0.15) is 10.7 Å². The first-order valence-electron chi connectivity index (χ1n) is 4.97. The SMILES string of the molecule is Clc1ccc2cnc(Cc3cccs3)n2c1. The summed E-state index contributed by atoms with van der Waals surface area (Å²) < 4.78 is 2.04. The Morgan fingerprint density at radius 2 is 2.25 bits per heavy atom. The van der Waals surface area contributed by atoms with Crippen LogP contribution in [0.15, 0.2) is 42.0 Å². The molecule has 0 radical (unpaired) electrons. The zero-order valence-corrected chi connectivity index (χ0v) is 10.0. The van der Waals surface area contributed by atoms with Gasteiger partial charge >= 0.3 is 0 Å². The van der Waals surface area contributed by atoms with Crippen molar-refractivity contribution in [3.63, 3.8) is 0 Å². The van der Waals surface area contributed by atoms with Gasteiger partial charge < -0.3 is 4.40 Å². The fourth-order valence-corrected chi connectivity index (χ4v) is 2.58. The third kappa shape index (κ3) is 1.72. The van der Waals surface area contributed by atoms with E-state index in [1.54, 1.807) is 11.3 Å². The Kier molecular flexibility index (Phi) is 2.42. The van der Waals surface area contributed by atoms with Crippen LogP contribution in [0.3, 0.4) is 0 Å². The summed E-state index contributed by atoms with van der Waals surface area (Å²) in [6.07, 6.45) is 4.64. The van der Waals surface area contributed by atoms with Gasteiger partial charge in [-0.1, -0.05) is 17.7 Å². The average Bonchev–Trinajstić information content (AvgIpc) is 2.90. The van der Waals surface area contributed by atoms with Crippen molar-refractivity contribution in [2.75, 3.05) is 0 Å². The molecule has 4 heteroatoms. The smallest absolute Gasteiger partial charge is 0.118 e. The van der Waals surface area contributed by atoms with Crippen molar-refractivity contribution < 1.29 is 0 Å². The van der Waals surface area contributed by atoms with Crippen LogP contribution in [0.5, 0.6) is 0 Å². The summed E-state index contributed by atoms with van der Waals surface area (Å²) in [5.41, 5.74) is 1.08. The summed E-state index contributed by atoms with van der Waals surface area (Å²) in [5.74, 6) is 1.03. The minimum Gasteiger partial charge on any atom is -0.302 e. The van der Waals surface area contributed by atoms with E-state index in [2.05, 4.69) is 22.5 Å². The molecule has 0 fully saturated rings. The zero-order valence-electron chi connectivity index (χ0n) is 8.43. The maximum Gasteiger partial charge on any atom is 0.118 e. The van der Waals surface area contributed by atoms with E-state index in [1.165, 1.54) is 4.88 Å². The minimum absolute atomic E-state index is 0.734. The number of thiophene rings is 1. The largest absolute Gasteiger partial charge is 0.302 e. The Balaban J connectivity index is 2.07. The highest BCUT2D eigenvalue weighted by molar-refractivity contribution is 7.09. The first-order chi connectivity index (χ1) is 7.83. The van der Waals surface area contributed by atoms with Gasteiger partial charge in [0.1, 0.15) is 5.82 Å². The van der Waals surface area contributed by atoms with Gasteiger partial charge in [0, 0.05) is 17.5 Å². The second-order valence-electron chi connectivity index (χ2n) is 3.57. The van der Waals surface area contributed by atoms with Crippen LogP contribution in [-0.4, -0.2) is 9.38 Å². The van der Waals surface area contributed by atoms with Gasteiger partial charge in [-0.2, -0.15) is 0 Å². The standard InChI is InChI=1S/C12H9ClN2S/c13-9-3-4-10-7-14-12(15(10)8-9)6-11-2-1-5-16-11/h1-5,7-8H,6H2. The molecule has 3 heterocycles. The van der Waals surface area contributed by atoms with Gasteiger partial charge in [-0.25, -0.2) is 4.98 Å². The fraction of sp³-hybridized carbons (Fsp3) is 0.0833. The summed E-state index contributed by atoms with van der Waals surface area (Å²) in [7, 11) is 0. The molecule has 0 saturated heterocycles. The van der Waals surface area contributed by atoms with E-state index in [0.29, 0.717) is 0 Å². The molecule has 0 aliphatic rings. The summed E-state index contributed by atoms with van der Waals surface area (Å²) in [6.45, 7) is 0. The number of pyridine rings is 1. The molecule has 3 aromatic heterocycles. The van der Waals surface area contributed by atoms with E-state index in [0.717, 1.165) is 22.8 Å². The van der Waals surface area contributed by atoms with Crippen LogP contribution < -0.4 is 0 Å². The molecule has 3 aromatic rings. The lowest BCUT2D eigenvalue weighted by Crippen LogP contribution is -1.94. The van der Waals surface area contributed by atoms with E-state index in [9.17, 15) is 0 Å². The van der Waals surface area contributed by atoms with Gasteiger partial charge in [0.05, 0.1) is 16.7 Å². The van der Waals surface area contributed by atoms with E-state index >= 15 is 0 Å². The van der Waals surface area contributed by atoms with Crippen LogP contribution in [-0.2, 0) is 6.42 Å². The molecule has 0 aromatic carbocycles. The number of hydrogen-bond donors (Lipinski definition) is 0. The van der Waals surface area contributed by atoms with E-state index in [4.69, 9.17) is 11.6 Å². The lowest BCUT2D eigenvalue weighted by Gasteiger charge is -2.00. The third-order valence-electron chi connectivity index (χ3n) is 2.48. The normalized spacial score (nSPS) is 11.1. The monoisotopic (exact) mass is 248 g/mol. The Labute approximate surface area is 102 Å². The molecular formula is C12H9ClN2S. The van der Waals surface area contributed by atoms with Gasteiger partial charge in [-0.3, -0.25) is 0 Å². The number of rotatable bonds is 2. The maximum absolute atomic E-state index is 5.98. The predicted octanol–water partition coefficient (Wildman–Crippen LogP) is 3.64. The van der Waals surface area contributed by atoms with Crippen LogP contribution in [0.25, 0.3) is 5.52 Å². The topological polar surface area (TPSA) is 17.3 Å². The minimum atomic E-state index is 0.734. The fourth-order valence-electron chi connectivity index (χ4n) is 1.72. The highest BCUT2D eigenvalue weighted by Crippen LogP contribution is 2.17. The van der Waals surface area contributed by atoms with Gasteiger partial charge in [0.2, 0.25) is 0 Å². The van der Waals surface area contributed by atoms with Crippen LogP contribution in [0, 0.1) is 0 Å². The van der Waals surface area contributed by atoms with Crippen LogP contribution >= 0.6 is 22.9 Å². The number of imidazole rings is 1. The van der Waals surface area contributed by atoms with E-state index in [-0.39, 0.29) is 0 Å². The highest BCUT2D eigenvalue weighted by Gasteiger charge is 2.05. The van der Waals surface area contributed by atoms with Gasteiger partial charge in [-0.05, 0) is 23.6 Å². The van der Waals surface area contributed by atoms with Crippen molar-refractivity contribution in [2.45, 2.75) is 6.42 Å². The molecule has 3 rings (SSSR count). The Morgan fingerprint density at radius 3 is 3.06 bits per heavy atom. The molecule has 0 aliphatic heterocycles. The molecule has 16 heavy (non-hydrogen) atoms. The second kappa shape index (κ2) is 3.92. The van der Waals surface area contributed by atoms with Crippen molar-refractivity contribution in [2.24, 2.45) is 0 Å². The first kappa shape index (κ1) is 9.87. The molecule has 0 bridgehead atoms. The molecule has 0 amide bonds. The van der Waals surface area contributed by atoms with Gasteiger partial charge in [0.15, 0.2) is 0 Å². The summed E-state index contributed by atoms with van der Waals surface area (Å²) >= 11 is 7.73. The number of hydrogen-bond acceptors (Lipinski definition) is 2. The number of halogens is 1. The summed E-state index contributed by atoms with van der Waals surface area (Å²) in [4.78, 5) is 5.73. The molecule has 0 aliphatic carbocycles. The molecule has 80 valence electrons.